The van der Waals surface area contributed by atoms with Gasteiger partial charge in [-0.2, -0.15) is 0 Å². The lowest BCUT2D eigenvalue weighted by molar-refractivity contribution is -0.130. The summed E-state index contributed by atoms with van der Waals surface area (Å²) in [6.07, 6.45) is 1.54. The number of benzene rings is 2. The van der Waals surface area contributed by atoms with Crippen molar-refractivity contribution in [2.75, 3.05) is 0 Å². The van der Waals surface area contributed by atoms with Crippen LogP contribution in [-0.4, -0.2) is 16.2 Å². The molecule has 0 saturated carbocycles. The molecule has 0 aliphatic heterocycles. The van der Waals surface area contributed by atoms with Crippen LogP contribution in [0.2, 0.25) is 5.02 Å². The van der Waals surface area contributed by atoms with E-state index in [2.05, 4.69) is 0 Å². The molecule has 0 atom stereocenters. The van der Waals surface area contributed by atoms with Gasteiger partial charge in [0.2, 0.25) is 0 Å². The Bertz CT molecular complexity index is 733. The van der Waals surface area contributed by atoms with Gasteiger partial charge in [0.25, 0.3) is 0 Å². The van der Waals surface area contributed by atoms with Gasteiger partial charge in [0.15, 0.2) is 0 Å². The molecule has 0 saturated heterocycles. The van der Waals surface area contributed by atoms with Crippen LogP contribution in [0.3, 0.4) is 0 Å². The number of aliphatic carboxylic acids is 1. The fourth-order valence-corrected chi connectivity index (χ4v) is 2.15. The van der Waals surface area contributed by atoms with Crippen molar-refractivity contribution in [3.8, 4) is 5.75 Å². The standard InChI is InChI=1S/C17H15ClO3/c1-10-3-5-13(7-11(10)2)14(17(20)21)8-12-4-6-16(19)15(18)9-12/h3-9,19H,1-2H3,(H,20,21)/b14-8-. The lowest BCUT2D eigenvalue weighted by atomic mass is 9.99. The van der Waals surface area contributed by atoms with E-state index in [0.717, 1.165) is 11.1 Å². The summed E-state index contributed by atoms with van der Waals surface area (Å²) in [6.45, 7) is 3.92. The second-order valence-electron chi connectivity index (χ2n) is 4.87. The van der Waals surface area contributed by atoms with Crippen molar-refractivity contribution in [1.29, 1.82) is 0 Å². The van der Waals surface area contributed by atoms with Crippen LogP contribution in [0.25, 0.3) is 11.6 Å². The number of phenols is 1. The second kappa shape index (κ2) is 6.02. The van der Waals surface area contributed by atoms with Crippen molar-refractivity contribution >= 4 is 29.2 Å². The highest BCUT2D eigenvalue weighted by atomic mass is 35.5. The van der Waals surface area contributed by atoms with E-state index in [1.165, 1.54) is 18.2 Å². The third-order valence-electron chi connectivity index (χ3n) is 3.33. The number of phenolic OH excluding ortho intramolecular Hbond substituents is 1. The van der Waals surface area contributed by atoms with Crippen molar-refractivity contribution in [2.24, 2.45) is 0 Å². The number of carboxylic acid groups (broad SMARTS) is 1. The summed E-state index contributed by atoms with van der Waals surface area (Å²) in [7, 11) is 0. The Labute approximate surface area is 128 Å². The molecule has 3 nitrogen and oxygen atoms in total. The van der Waals surface area contributed by atoms with Gasteiger partial charge >= 0.3 is 5.97 Å². The van der Waals surface area contributed by atoms with Crippen molar-refractivity contribution in [1.82, 2.24) is 0 Å². The van der Waals surface area contributed by atoms with E-state index in [1.54, 1.807) is 12.1 Å². The Hall–Kier alpha value is -2.26. The largest absolute Gasteiger partial charge is 0.506 e. The second-order valence-corrected chi connectivity index (χ2v) is 5.28. The number of halogens is 1. The van der Waals surface area contributed by atoms with Gasteiger partial charge in [-0.1, -0.05) is 35.9 Å². The van der Waals surface area contributed by atoms with Gasteiger partial charge in [-0.3, -0.25) is 0 Å². The van der Waals surface area contributed by atoms with E-state index in [0.29, 0.717) is 11.1 Å². The molecule has 0 aromatic heterocycles. The van der Waals surface area contributed by atoms with Crippen LogP contribution in [0.1, 0.15) is 22.3 Å². The van der Waals surface area contributed by atoms with Crippen molar-refractivity contribution in [3.63, 3.8) is 0 Å². The van der Waals surface area contributed by atoms with Crippen molar-refractivity contribution in [3.05, 3.63) is 63.7 Å². The van der Waals surface area contributed by atoms with E-state index in [1.807, 2.05) is 26.0 Å². The van der Waals surface area contributed by atoms with E-state index in [4.69, 9.17) is 11.6 Å². The summed E-state index contributed by atoms with van der Waals surface area (Å²) in [5.74, 6) is -1.04. The van der Waals surface area contributed by atoms with Gasteiger partial charge in [0, 0.05) is 0 Å². The molecule has 0 aliphatic carbocycles. The molecule has 0 unspecified atom stereocenters. The van der Waals surface area contributed by atoms with Gasteiger partial charge < -0.3 is 10.2 Å². The Balaban J connectivity index is 2.51. The first-order valence-corrected chi connectivity index (χ1v) is 6.77. The summed E-state index contributed by atoms with van der Waals surface area (Å²) in [4.78, 5) is 11.5. The number of carbonyl (C=O) groups is 1. The van der Waals surface area contributed by atoms with Crippen LogP contribution in [0.15, 0.2) is 36.4 Å². The number of aromatic hydroxyl groups is 1. The predicted octanol–water partition coefficient (Wildman–Crippen LogP) is 4.29. The summed E-state index contributed by atoms with van der Waals surface area (Å²) in [5, 5.41) is 19.0. The molecule has 2 N–H and O–H groups in total. The summed E-state index contributed by atoms with van der Waals surface area (Å²) >= 11 is 5.84. The zero-order valence-corrected chi connectivity index (χ0v) is 12.5. The van der Waals surface area contributed by atoms with Gasteiger partial charge in [-0.25, -0.2) is 4.79 Å². The Morgan fingerprint density at radius 2 is 1.81 bits per heavy atom. The highest BCUT2D eigenvalue weighted by molar-refractivity contribution is 6.32. The zero-order valence-electron chi connectivity index (χ0n) is 11.7. The quantitative estimate of drug-likeness (QED) is 0.657. The molecule has 0 radical (unpaired) electrons. The number of hydrogen-bond donors (Lipinski definition) is 2. The molecule has 0 aliphatic rings. The molecular formula is C17H15ClO3. The van der Waals surface area contributed by atoms with Gasteiger partial charge in [0.1, 0.15) is 5.75 Å². The maximum Gasteiger partial charge on any atom is 0.336 e. The van der Waals surface area contributed by atoms with Crippen LogP contribution in [0, 0.1) is 13.8 Å². The molecule has 0 spiro atoms. The molecule has 0 bridgehead atoms. The number of aryl methyl sites for hydroxylation is 2. The maximum absolute atomic E-state index is 11.5. The monoisotopic (exact) mass is 302 g/mol. The molecule has 2 aromatic rings. The number of rotatable bonds is 3. The van der Waals surface area contributed by atoms with Crippen LogP contribution in [0.4, 0.5) is 0 Å². The van der Waals surface area contributed by atoms with Crippen molar-refractivity contribution < 1.29 is 15.0 Å². The van der Waals surface area contributed by atoms with E-state index >= 15 is 0 Å². The van der Waals surface area contributed by atoms with E-state index < -0.39 is 5.97 Å². The zero-order chi connectivity index (χ0) is 15.6. The van der Waals surface area contributed by atoms with E-state index in [9.17, 15) is 15.0 Å². The Morgan fingerprint density at radius 3 is 2.38 bits per heavy atom. The highest BCUT2D eigenvalue weighted by Gasteiger charge is 2.11. The molecule has 0 heterocycles. The van der Waals surface area contributed by atoms with Crippen LogP contribution in [-0.2, 0) is 4.79 Å². The van der Waals surface area contributed by atoms with Crippen LogP contribution in [0.5, 0.6) is 5.75 Å². The Kier molecular flexibility index (Phi) is 4.34. The van der Waals surface area contributed by atoms with Crippen molar-refractivity contribution in [2.45, 2.75) is 13.8 Å². The Morgan fingerprint density at radius 1 is 1.10 bits per heavy atom. The first-order chi connectivity index (χ1) is 9.88. The first-order valence-electron chi connectivity index (χ1n) is 6.39. The first kappa shape index (κ1) is 15.1. The number of carboxylic acids is 1. The minimum atomic E-state index is -1.01. The molecule has 0 fully saturated rings. The maximum atomic E-state index is 11.5. The SMILES string of the molecule is Cc1ccc(/C(=C/c2ccc(O)c(Cl)c2)C(=O)O)cc1C. The van der Waals surface area contributed by atoms with Gasteiger partial charge in [-0.15, -0.1) is 0 Å². The molecule has 108 valence electrons. The minimum Gasteiger partial charge on any atom is -0.506 e. The number of hydrogen-bond acceptors (Lipinski definition) is 2. The van der Waals surface area contributed by atoms with Gasteiger partial charge in [-0.05, 0) is 54.3 Å². The fourth-order valence-electron chi connectivity index (χ4n) is 1.96. The molecule has 2 rings (SSSR count). The normalized spacial score (nSPS) is 11.5. The summed E-state index contributed by atoms with van der Waals surface area (Å²) < 4.78 is 0. The van der Waals surface area contributed by atoms with Crippen LogP contribution >= 0.6 is 11.6 Å². The molecule has 0 amide bonds. The predicted molar refractivity (Wildman–Crippen MR) is 84.5 cm³/mol. The lowest BCUT2D eigenvalue weighted by Crippen LogP contribution is -2.00. The smallest absolute Gasteiger partial charge is 0.336 e. The average molecular weight is 303 g/mol. The molecule has 2 aromatic carbocycles. The third kappa shape index (κ3) is 3.44. The third-order valence-corrected chi connectivity index (χ3v) is 3.63. The minimum absolute atomic E-state index is 0.0307. The van der Waals surface area contributed by atoms with Gasteiger partial charge in [0.05, 0.1) is 10.6 Å². The highest BCUT2D eigenvalue weighted by Crippen LogP contribution is 2.27. The summed E-state index contributed by atoms with van der Waals surface area (Å²) in [5.41, 5.74) is 3.57. The summed E-state index contributed by atoms with van der Waals surface area (Å²) in [6, 6.07) is 10.1. The van der Waals surface area contributed by atoms with E-state index in [-0.39, 0.29) is 16.3 Å². The molecular weight excluding hydrogens is 288 g/mol. The molecule has 21 heavy (non-hydrogen) atoms. The van der Waals surface area contributed by atoms with Crippen LogP contribution < -0.4 is 0 Å². The lowest BCUT2D eigenvalue weighted by Gasteiger charge is -2.07. The molecule has 4 heteroatoms. The fraction of sp³-hybridized carbons (Fsp3) is 0.118. The average Bonchev–Trinajstić information content (AvgIpc) is 2.43. The topological polar surface area (TPSA) is 57.5 Å².